The molecule has 5 nitrogen and oxygen atoms in total. The normalized spacial score (nSPS) is 17.9. The molecule has 0 spiro atoms. The van der Waals surface area contributed by atoms with Crippen LogP contribution in [0, 0.1) is 0 Å². The van der Waals surface area contributed by atoms with Gasteiger partial charge in [0, 0.05) is 17.7 Å². The zero-order valence-corrected chi connectivity index (χ0v) is 12.2. The molecule has 1 aromatic carbocycles. The van der Waals surface area contributed by atoms with Crippen LogP contribution in [0.25, 0.3) is 0 Å². The third kappa shape index (κ3) is 3.25. The lowest BCUT2D eigenvalue weighted by atomic mass is 10.2. The number of ether oxygens (including phenoxy) is 1. The van der Waals surface area contributed by atoms with Crippen molar-refractivity contribution in [2.75, 3.05) is 11.9 Å². The van der Waals surface area contributed by atoms with Crippen LogP contribution in [0.5, 0.6) is 0 Å². The summed E-state index contributed by atoms with van der Waals surface area (Å²) in [6.07, 6.45) is 3.00. The summed E-state index contributed by atoms with van der Waals surface area (Å²) in [6, 6.07) is 9.36. The molecule has 1 aromatic heterocycles. The van der Waals surface area contributed by atoms with Crippen molar-refractivity contribution in [2.45, 2.75) is 25.5 Å². The van der Waals surface area contributed by atoms with Gasteiger partial charge in [0.1, 0.15) is 11.9 Å². The molecule has 1 N–H and O–H groups in total. The Morgan fingerprint density at radius 1 is 1.43 bits per heavy atom. The number of rotatable bonds is 4. The minimum absolute atomic E-state index is 0.117. The van der Waals surface area contributed by atoms with E-state index in [1.165, 1.54) is 0 Å². The average molecular weight is 306 g/mol. The Balaban J connectivity index is 1.72. The standard InChI is InChI=1S/C15H16ClN3O2/c16-12-5-2-1-4-11(12)10-19-14(7-8-17-19)18-15(20)13-6-3-9-21-13/h1-2,4-5,7-8,13H,3,6,9-10H2,(H,18,20)/t13-/m0/s1. The minimum atomic E-state index is -0.353. The SMILES string of the molecule is O=C(Nc1ccnn1Cc1ccccc1Cl)[C@@H]1CCCO1. The molecular formula is C15H16ClN3O2. The van der Waals surface area contributed by atoms with Crippen LogP contribution >= 0.6 is 11.6 Å². The average Bonchev–Trinajstić information content (AvgIpc) is 3.13. The summed E-state index contributed by atoms with van der Waals surface area (Å²) in [6.45, 7) is 1.16. The highest BCUT2D eigenvalue weighted by Gasteiger charge is 2.24. The van der Waals surface area contributed by atoms with Gasteiger partial charge >= 0.3 is 0 Å². The van der Waals surface area contributed by atoms with E-state index < -0.39 is 0 Å². The maximum Gasteiger partial charge on any atom is 0.254 e. The van der Waals surface area contributed by atoms with Gasteiger partial charge in [0.15, 0.2) is 0 Å². The molecule has 6 heteroatoms. The largest absolute Gasteiger partial charge is 0.368 e. The summed E-state index contributed by atoms with van der Waals surface area (Å²) in [4.78, 5) is 12.1. The summed E-state index contributed by atoms with van der Waals surface area (Å²) in [7, 11) is 0. The van der Waals surface area contributed by atoms with Crippen molar-refractivity contribution in [2.24, 2.45) is 0 Å². The van der Waals surface area contributed by atoms with E-state index in [0.29, 0.717) is 24.0 Å². The highest BCUT2D eigenvalue weighted by atomic mass is 35.5. The van der Waals surface area contributed by atoms with Gasteiger partial charge in [-0.2, -0.15) is 5.10 Å². The van der Waals surface area contributed by atoms with Gasteiger partial charge in [-0.3, -0.25) is 4.79 Å². The Labute approximate surface area is 127 Å². The van der Waals surface area contributed by atoms with Crippen LogP contribution in [0.4, 0.5) is 5.82 Å². The quantitative estimate of drug-likeness (QED) is 0.945. The molecule has 110 valence electrons. The van der Waals surface area contributed by atoms with Crippen molar-refractivity contribution in [3.8, 4) is 0 Å². The van der Waals surface area contributed by atoms with Gasteiger partial charge in [-0.05, 0) is 24.5 Å². The molecule has 0 saturated carbocycles. The molecule has 0 unspecified atom stereocenters. The van der Waals surface area contributed by atoms with Crippen molar-refractivity contribution in [1.82, 2.24) is 9.78 Å². The number of halogens is 1. The van der Waals surface area contributed by atoms with Crippen molar-refractivity contribution in [3.05, 3.63) is 47.1 Å². The first-order valence-electron chi connectivity index (χ1n) is 6.92. The van der Waals surface area contributed by atoms with Crippen LogP contribution in [0.15, 0.2) is 36.5 Å². The smallest absolute Gasteiger partial charge is 0.254 e. The molecule has 1 aliphatic rings. The maximum atomic E-state index is 12.1. The Morgan fingerprint density at radius 2 is 2.29 bits per heavy atom. The van der Waals surface area contributed by atoms with Crippen molar-refractivity contribution < 1.29 is 9.53 Å². The summed E-state index contributed by atoms with van der Waals surface area (Å²) in [5.74, 6) is 0.531. The highest BCUT2D eigenvalue weighted by Crippen LogP contribution is 2.19. The Hall–Kier alpha value is -1.85. The number of benzene rings is 1. The van der Waals surface area contributed by atoms with Crippen LogP contribution in [-0.4, -0.2) is 28.4 Å². The molecule has 1 atom stereocenters. The van der Waals surface area contributed by atoms with E-state index in [2.05, 4.69) is 10.4 Å². The lowest BCUT2D eigenvalue weighted by Gasteiger charge is -2.12. The van der Waals surface area contributed by atoms with Gasteiger partial charge in [0.25, 0.3) is 5.91 Å². The van der Waals surface area contributed by atoms with E-state index >= 15 is 0 Å². The molecule has 3 rings (SSSR count). The first-order valence-corrected chi connectivity index (χ1v) is 7.29. The predicted molar refractivity (Wildman–Crippen MR) is 80.4 cm³/mol. The van der Waals surface area contributed by atoms with Gasteiger partial charge in [0.2, 0.25) is 0 Å². The summed E-state index contributed by atoms with van der Waals surface area (Å²) < 4.78 is 7.09. The van der Waals surface area contributed by atoms with E-state index in [1.54, 1.807) is 16.9 Å². The van der Waals surface area contributed by atoms with E-state index in [1.807, 2.05) is 24.3 Å². The number of hydrogen-bond donors (Lipinski definition) is 1. The first-order chi connectivity index (χ1) is 10.2. The monoisotopic (exact) mass is 305 g/mol. The van der Waals surface area contributed by atoms with Gasteiger partial charge < -0.3 is 10.1 Å². The number of carbonyl (C=O) groups excluding carboxylic acids is 1. The number of hydrogen-bond acceptors (Lipinski definition) is 3. The fourth-order valence-electron chi connectivity index (χ4n) is 2.34. The van der Waals surface area contributed by atoms with Gasteiger partial charge in [0.05, 0.1) is 12.7 Å². The van der Waals surface area contributed by atoms with E-state index in [0.717, 1.165) is 18.4 Å². The number of amides is 1. The van der Waals surface area contributed by atoms with E-state index in [4.69, 9.17) is 16.3 Å². The fourth-order valence-corrected chi connectivity index (χ4v) is 2.54. The fraction of sp³-hybridized carbons (Fsp3) is 0.333. The summed E-state index contributed by atoms with van der Waals surface area (Å²) >= 11 is 6.15. The Bertz CT molecular complexity index is 635. The van der Waals surface area contributed by atoms with Crippen LogP contribution in [-0.2, 0) is 16.1 Å². The topological polar surface area (TPSA) is 56.2 Å². The molecule has 2 aromatic rings. The highest BCUT2D eigenvalue weighted by molar-refractivity contribution is 6.31. The van der Waals surface area contributed by atoms with E-state index in [-0.39, 0.29) is 12.0 Å². The zero-order chi connectivity index (χ0) is 14.7. The van der Waals surface area contributed by atoms with Gasteiger partial charge in [-0.1, -0.05) is 29.8 Å². The molecule has 0 bridgehead atoms. The molecule has 0 radical (unpaired) electrons. The third-order valence-electron chi connectivity index (χ3n) is 3.47. The minimum Gasteiger partial charge on any atom is -0.368 e. The molecule has 2 heterocycles. The van der Waals surface area contributed by atoms with Crippen LogP contribution in [0.2, 0.25) is 5.02 Å². The molecule has 0 aliphatic carbocycles. The second-order valence-electron chi connectivity index (χ2n) is 4.96. The summed E-state index contributed by atoms with van der Waals surface area (Å²) in [5, 5.41) is 7.78. The third-order valence-corrected chi connectivity index (χ3v) is 3.84. The van der Waals surface area contributed by atoms with E-state index in [9.17, 15) is 4.79 Å². The van der Waals surface area contributed by atoms with Gasteiger partial charge in [-0.15, -0.1) is 0 Å². The van der Waals surface area contributed by atoms with Crippen molar-refractivity contribution in [1.29, 1.82) is 0 Å². The number of nitrogens with zero attached hydrogens (tertiary/aromatic N) is 2. The predicted octanol–water partition coefficient (Wildman–Crippen LogP) is 2.70. The number of nitrogens with one attached hydrogen (secondary N) is 1. The maximum absolute atomic E-state index is 12.1. The van der Waals surface area contributed by atoms with Crippen LogP contribution in [0.1, 0.15) is 18.4 Å². The number of carbonyl (C=O) groups is 1. The molecule has 1 aliphatic heterocycles. The number of aromatic nitrogens is 2. The lowest BCUT2D eigenvalue weighted by molar-refractivity contribution is -0.124. The molecule has 1 saturated heterocycles. The van der Waals surface area contributed by atoms with Crippen molar-refractivity contribution in [3.63, 3.8) is 0 Å². The Morgan fingerprint density at radius 3 is 3.05 bits per heavy atom. The molecular weight excluding hydrogens is 290 g/mol. The van der Waals surface area contributed by atoms with Crippen molar-refractivity contribution >= 4 is 23.3 Å². The molecule has 1 amide bonds. The van der Waals surface area contributed by atoms with Crippen LogP contribution in [0.3, 0.4) is 0 Å². The molecule has 1 fully saturated rings. The lowest BCUT2D eigenvalue weighted by Crippen LogP contribution is -2.28. The summed E-state index contributed by atoms with van der Waals surface area (Å²) in [5.41, 5.74) is 0.954. The number of anilines is 1. The first kappa shape index (κ1) is 14.1. The second kappa shape index (κ2) is 6.28. The van der Waals surface area contributed by atoms with Gasteiger partial charge in [-0.25, -0.2) is 4.68 Å². The van der Waals surface area contributed by atoms with Crippen LogP contribution < -0.4 is 5.32 Å². The zero-order valence-electron chi connectivity index (χ0n) is 11.5. The Kier molecular flexibility index (Phi) is 4.22. The molecule has 21 heavy (non-hydrogen) atoms. The second-order valence-corrected chi connectivity index (χ2v) is 5.36.